The molecule has 150 valence electrons. The lowest BCUT2D eigenvalue weighted by molar-refractivity contribution is 0.0697. The number of carboxylic acid groups (broad SMARTS) is 1. The van der Waals surface area contributed by atoms with Crippen LogP contribution in [0.25, 0.3) is 11.1 Å². The van der Waals surface area contributed by atoms with Gasteiger partial charge in [0.1, 0.15) is 5.75 Å². The number of aromatic carboxylic acids is 1. The van der Waals surface area contributed by atoms with Crippen LogP contribution in [0, 0.1) is 11.8 Å². The van der Waals surface area contributed by atoms with Gasteiger partial charge in [0.2, 0.25) is 0 Å². The smallest absolute Gasteiger partial charge is 0.335 e. The number of fused-ring (bicyclic) bond motifs is 1. The van der Waals surface area contributed by atoms with Crippen LogP contribution < -0.4 is 4.74 Å². The summed E-state index contributed by atoms with van der Waals surface area (Å²) in [5.74, 6) is 6.42. The molecule has 1 heterocycles. The summed E-state index contributed by atoms with van der Waals surface area (Å²) in [5, 5.41) is 9.03. The van der Waals surface area contributed by atoms with Crippen molar-refractivity contribution in [2.45, 2.75) is 32.1 Å². The molecule has 3 heteroatoms. The minimum atomic E-state index is -0.932. The fraction of sp³-hybridized carbons (Fsp3) is 0.222. The molecule has 30 heavy (non-hydrogen) atoms. The Hall–Kier alpha value is -3.51. The van der Waals surface area contributed by atoms with Crippen molar-refractivity contribution in [1.82, 2.24) is 0 Å². The quantitative estimate of drug-likeness (QED) is 0.577. The van der Waals surface area contributed by atoms with Crippen molar-refractivity contribution >= 4 is 5.97 Å². The van der Waals surface area contributed by atoms with Crippen molar-refractivity contribution in [1.29, 1.82) is 0 Å². The van der Waals surface area contributed by atoms with Crippen LogP contribution in [0.2, 0.25) is 0 Å². The number of hydrogen-bond donors (Lipinski definition) is 1. The maximum absolute atomic E-state index is 11.0. The molecule has 1 N–H and O–H groups in total. The highest BCUT2D eigenvalue weighted by Crippen LogP contribution is 2.43. The normalized spacial score (nSPS) is 14.1. The maximum atomic E-state index is 11.0. The molecule has 0 aromatic heterocycles. The third kappa shape index (κ3) is 4.09. The predicted molar refractivity (Wildman–Crippen MR) is 119 cm³/mol. The first kappa shape index (κ1) is 19.8. The zero-order valence-corrected chi connectivity index (χ0v) is 17.2. The first-order chi connectivity index (χ1) is 14.4. The van der Waals surface area contributed by atoms with Crippen LogP contribution in [0.3, 0.4) is 0 Å². The number of carboxylic acids is 1. The van der Waals surface area contributed by atoms with E-state index in [1.807, 2.05) is 6.07 Å². The molecule has 4 rings (SSSR count). The van der Waals surface area contributed by atoms with E-state index in [9.17, 15) is 4.79 Å². The lowest BCUT2D eigenvalue weighted by atomic mass is 9.77. The highest BCUT2D eigenvalue weighted by Gasteiger charge is 2.30. The first-order valence-electron chi connectivity index (χ1n) is 10.1. The lowest BCUT2D eigenvalue weighted by Crippen LogP contribution is -2.27. The fourth-order valence-corrected chi connectivity index (χ4v) is 3.77. The van der Waals surface area contributed by atoms with Gasteiger partial charge < -0.3 is 9.84 Å². The first-order valence-corrected chi connectivity index (χ1v) is 10.1. The highest BCUT2D eigenvalue weighted by atomic mass is 16.5. The van der Waals surface area contributed by atoms with Crippen molar-refractivity contribution < 1.29 is 14.6 Å². The Morgan fingerprint density at radius 2 is 1.77 bits per heavy atom. The summed E-state index contributed by atoms with van der Waals surface area (Å²) in [6.07, 6.45) is 1.55. The molecule has 0 aliphatic carbocycles. The van der Waals surface area contributed by atoms with Gasteiger partial charge in [0.25, 0.3) is 0 Å². The van der Waals surface area contributed by atoms with Gasteiger partial charge in [-0.15, -0.1) is 0 Å². The van der Waals surface area contributed by atoms with E-state index >= 15 is 0 Å². The largest absolute Gasteiger partial charge is 0.493 e. The Labute approximate surface area is 177 Å². The molecular weight excluding hydrogens is 372 g/mol. The van der Waals surface area contributed by atoms with Gasteiger partial charge in [0.15, 0.2) is 0 Å². The average Bonchev–Trinajstić information content (AvgIpc) is 2.75. The van der Waals surface area contributed by atoms with Gasteiger partial charge in [-0.05, 0) is 59.4 Å². The number of ether oxygens (including phenoxy) is 1. The van der Waals surface area contributed by atoms with E-state index in [1.54, 1.807) is 24.3 Å². The standard InChI is InChI=1S/C27H24O3/c1-27(2)15-16-30-25-22(10-6-7-19-11-13-21(14-12-19)26(28)29)17-23(18-24(25)27)20-8-4-3-5-9-20/h3-5,8-9,11-14,17-18H,10,15-16H2,1-2H3,(H,28,29). The van der Waals surface area contributed by atoms with Crippen LogP contribution in [0.15, 0.2) is 66.7 Å². The summed E-state index contributed by atoms with van der Waals surface area (Å²) in [7, 11) is 0. The van der Waals surface area contributed by atoms with Crippen molar-refractivity contribution in [2.24, 2.45) is 0 Å². The molecule has 0 fully saturated rings. The fourth-order valence-electron chi connectivity index (χ4n) is 3.77. The van der Waals surface area contributed by atoms with Gasteiger partial charge >= 0.3 is 5.97 Å². The van der Waals surface area contributed by atoms with Gasteiger partial charge in [0, 0.05) is 23.1 Å². The van der Waals surface area contributed by atoms with Crippen LogP contribution in [-0.2, 0) is 11.8 Å². The molecule has 0 atom stereocenters. The van der Waals surface area contributed by atoms with Crippen molar-refractivity contribution in [3.8, 4) is 28.7 Å². The van der Waals surface area contributed by atoms with Crippen LogP contribution in [0.4, 0.5) is 0 Å². The Balaban J connectivity index is 1.70. The maximum Gasteiger partial charge on any atom is 0.335 e. The molecule has 0 bridgehead atoms. The van der Waals surface area contributed by atoms with Crippen LogP contribution in [-0.4, -0.2) is 17.7 Å². The van der Waals surface area contributed by atoms with Crippen LogP contribution in [0.1, 0.15) is 47.3 Å². The number of hydrogen-bond acceptors (Lipinski definition) is 2. The summed E-state index contributed by atoms with van der Waals surface area (Å²) >= 11 is 0. The summed E-state index contributed by atoms with van der Waals surface area (Å²) in [6, 6.07) is 21.5. The number of benzene rings is 3. The third-order valence-electron chi connectivity index (χ3n) is 5.62. The molecule has 3 aromatic rings. The molecule has 1 aliphatic heterocycles. The topological polar surface area (TPSA) is 46.5 Å². The van der Waals surface area contributed by atoms with E-state index in [4.69, 9.17) is 9.84 Å². The number of rotatable bonds is 3. The van der Waals surface area contributed by atoms with E-state index in [-0.39, 0.29) is 11.0 Å². The van der Waals surface area contributed by atoms with Gasteiger partial charge in [-0.25, -0.2) is 4.79 Å². The molecular formula is C27H24O3. The molecule has 0 saturated heterocycles. The van der Waals surface area contributed by atoms with Crippen molar-refractivity contribution in [3.05, 3.63) is 89.0 Å². The number of carbonyl (C=O) groups is 1. The minimum Gasteiger partial charge on any atom is -0.493 e. The SMILES string of the molecule is CC1(C)CCOc2c(CC#Cc3ccc(C(=O)O)cc3)cc(-c3ccccc3)cc21. The monoisotopic (exact) mass is 396 g/mol. The molecule has 0 radical (unpaired) electrons. The molecule has 0 unspecified atom stereocenters. The van der Waals surface area contributed by atoms with Crippen LogP contribution in [0.5, 0.6) is 5.75 Å². The zero-order valence-electron chi connectivity index (χ0n) is 17.2. The predicted octanol–water partition coefficient (Wildman–Crippen LogP) is 5.71. The van der Waals surface area contributed by atoms with Crippen molar-refractivity contribution in [3.63, 3.8) is 0 Å². The lowest BCUT2D eigenvalue weighted by Gasteiger charge is -2.34. The molecule has 0 amide bonds. The van der Waals surface area contributed by atoms with Gasteiger partial charge in [-0.3, -0.25) is 0 Å². The molecule has 3 nitrogen and oxygen atoms in total. The zero-order chi connectivity index (χ0) is 21.1. The van der Waals surface area contributed by atoms with Crippen LogP contribution >= 0.6 is 0 Å². The molecule has 0 saturated carbocycles. The van der Waals surface area contributed by atoms with Gasteiger partial charge in [0.05, 0.1) is 12.2 Å². The molecule has 3 aromatic carbocycles. The van der Waals surface area contributed by atoms with E-state index in [1.165, 1.54) is 16.7 Å². The Morgan fingerprint density at radius 1 is 1.03 bits per heavy atom. The van der Waals surface area contributed by atoms with E-state index in [2.05, 4.69) is 62.1 Å². The van der Waals surface area contributed by atoms with E-state index in [0.29, 0.717) is 13.0 Å². The molecule has 0 spiro atoms. The van der Waals surface area contributed by atoms with Gasteiger partial charge in [-0.1, -0.05) is 56.0 Å². The molecule has 1 aliphatic rings. The second-order valence-corrected chi connectivity index (χ2v) is 8.22. The second kappa shape index (κ2) is 8.08. The van der Waals surface area contributed by atoms with Gasteiger partial charge in [-0.2, -0.15) is 0 Å². The van der Waals surface area contributed by atoms with E-state index < -0.39 is 5.97 Å². The average molecular weight is 396 g/mol. The minimum absolute atomic E-state index is 0.0488. The summed E-state index contributed by atoms with van der Waals surface area (Å²) in [4.78, 5) is 11.0. The Morgan fingerprint density at radius 3 is 2.47 bits per heavy atom. The van der Waals surface area contributed by atoms with Crippen molar-refractivity contribution in [2.75, 3.05) is 6.61 Å². The Kier molecular flexibility index (Phi) is 5.33. The third-order valence-corrected chi connectivity index (χ3v) is 5.62. The summed E-state index contributed by atoms with van der Waals surface area (Å²) < 4.78 is 6.09. The summed E-state index contributed by atoms with van der Waals surface area (Å²) in [5.41, 5.74) is 5.80. The highest BCUT2D eigenvalue weighted by molar-refractivity contribution is 5.87. The van der Waals surface area contributed by atoms with E-state index in [0.717, 1.165) is 23.3 Å². The Bertz CT molecular complexity index is 1130. The summed E-state index contributed by atoms with van der Waals surface area (Å²) in [6.45, 7) is 5.24. The second-order valence-electron chi connectivity index (χ2n) is 8.22.